The van der Waals surface area contributed by atoms with Gasteiger partial charge in [0.15, 0.2) is 0 Å². The molecule has 10 heteroatoms. The van der Waals surface area contributed by atoms with Crippen LogP contribution in [0.25, 0.3) is 0 Å². The highest BCUT2D eigenvalue weighted by molar-refractivity contribution is 7.92. The number of rotatable bonds is 10. The van der Waals surface area contributed by atoms with Crippen molar-refractivity contribution in [1.82, 2.24) is 10.2 Å². The quantitative estimate of drug-likeness (QED) is 0.436. The predicted octanol–water partition coefficient (Wildman–Crippen LogP) is 3.50. The number of carbonyl (C=O) groups is 2. The van der Waals surface area contributed by atoms with Gasteiger partial charge in [-0.1, -0.05) is 42.0 Å². The number of benzene rings is 3. The van der Waals surface area contributed by atoms with Crippen LogP contribution in [-0.4, -0.2) is 51.9 Å². The summed E-state index contributed by atoms with van der Waals surface area (Å²) in [6.07, 6.45) is 0. The van der Waals surface area contributed by atoms with Crippen molar-refractivity contribution < 1.29 is 27.1 Å². The minimum atomic E-state index is -4.33. The van der Waals surface area contributed by atoms with Crippen molar-refractivity contribution in [3.63, 3.8) is 0 Å². The van der Waals surface area contributed by atoms with Gasteiger partial charge in [0.2, 0.25) is 11.8 Å². The van der Waals surface area contributed by atoms with Crippen LogP contribution in [0, 0.1) is 12.7 Å². The Morgan fingerprint density at radius 3 is 2.19 bits per heavy atom. The van der Waals surface area contributed by atoms with Crippen molar-refractivity contribution in [2.45, 2.75) is 31.3 Å². The van der Waals surface area contributed by atoms with Gasteiger partial charge in [0, 0.05) is 13.6 Å². The van der Waals surface area contributed by atoms with Gasteiger partial charge < -0.3 is 15.0 Å². The van der Waals surface area contributed by atoms with Crippen molar-refractivity contribution in [3.8, 4) is 5.75 Å². The number of likely N-dealkylation sites (N-methyl/N-ethyl adjacent to an activating group) is 1. The topological polar surface area (TPSA) is 96.0 Å². The number of hydrogen-bond donors (Lipinski definition) is 1. The number of aryl methyl sites for hydroxylation is 1. The van der Waals surface area contributed by atoms with Gasteiger partial charge in [0.25, 0.3) is 10.0 Å². The van der Waals surface area contributed by atoms with Crippen LogP contribution in [0.4, 0.5) is 10.1 Å². The standard InChI is InChI=1S/C27H30FN3O5S/c1-19-9-15-23(16-10-19)37(34,35)31(25-8-6-5-7-24(25)28)18-26(32)30(20(2)27(33)29-3)17-21-11-13-22(36-4)14-12-21/h5-16,20H,17-18H2,1-4H3,(H,29,33)/t20-/m1/s1. The molecule has 2 amide bonds. The van der Waals surface area contributed by atoms with E-state index in [4.69, 9.17) is 4.74 Å². The van der Waals surface area contributed by atoms with E-state index < -0.39 is 40.2 Å². The third-order valence-corrected chi connectivity index (χ3v) is 7.71. The summed E-state index contributed by atoms with van der Waals surface area (Å²) in [7, 11) is -1.35. The van der Waals surface area contributed by atoms with Crippen LogP contribution in [0.3, 0.4) is 0 Å². The second-order valence-electron chi connectivity index (χ2n) is 8.44. The van der Waals surface area contributed by atoms with Crippen molar-refractivity contribution in [1.29, 1.82) is 0 Å². The molecule has 0 saturated heterocycles. The Morgan fingerprint density at radius 1 is 1.00 bits per heavy atom. The van der Waals surface area contributed by atoms with Crippen molar-refractivity contribution >= 4 is 27.5 Å². The van der Waals surface area contributed by atoms with E-state index in [1.807, 2.05) is 6.92 Å². The molecule has 0 saturated carbocycles. The summed E-state index contributed by atoms with van der Waals surface area (Å²) >= 11 is 0. The van der Waals surface area contributed by atoms with Crippen LogP contribution >= 0.6 is 0 Å². The Bertz CT molecular complexity index is 1350. The van der Waals surface area contributed by atoms with Crippen molar-refractivity contribution in [2.24, 2.45) is 0 Å². The molecule has 8 nitrogen and oxygen atoms in total. The normalized spacial score (nSPS) is 11.9. The highest BCUT2D eigenvalue weighted by atomic mass is 32.2. The Kier molecular flexibility index (Phi) is 8.88. The fraction of sp³-hybridized carbons (Fsp3) is 0.259. The monoisotopic (exact) mass is 527 g/mol. The maximum absolute atomic E-state index is 14.9. The number of amides is 2. The molecule has 3 rings (SSSR count). The summed E-state index contributed by atoms with van der Waals surface area (Å²) in [6, 6.07) is 17.4. The molecule has 0 heterocycles. The molecule has 196 valence electrons. The van der Waals surface area contributed by atoms with Gasteiger partial charge in [-0.15, -0.1) is 0 Å². The van der Waals surface area contributed by atoms with Crippen LogP contribution in [0.1, 0.15) is 18.1 Å². The zero-order chi connectivity index (χ0) is 27.2. The number of sulfonamides is 1. The van der Waals surface area contributed by atoms with Gasteiger partial charge in [0.05, 0.1) is 17.7 Å². The number of nitrogens with one attached hydrogen (secondary N) is 1. The largest absolute Gasteiger partial charge is 0.497 e. The zero-order valence-electron chi connectivity index (χ0n) is 21.1. The minimum Gasteiger partial charge on any atom is -0.497 e. The molecule has 1 atom stereocenters. The van der Waals surface area contributed by atoms with Gasteiger partial charge in [-0.25, -0.2) is 12.8 Å². The fourth-order valence-corrected chi connectivity index (χ4v) is 5.15. The van der Waals surface area contributed by atoms with E-state index in [1.165, 1.54) is 49.4 Å². The summed E-state index contributed by atoms with van der Waals surface area (Å²) in [5, 5.41) is 2.51. The van der Waals surface area contributed by atoms with Crippen LogP contribution in [0.5, 0.6) is 5.75 Å². The van der Waals surface area contributed by atoms with Gasteiger partial charge in [-0.3, -0.25) is 13.9 Å². The summed E-state index contributed by atoms with van der Waals surface area (Å²) in [5.74, 6) is -1.28. The Labute approximate surface area is 216 Å². The number of hydrogen-bond acceptors (Lipinski definition) is 5. The number of carbonyl (C=O) groups excluding carboxylic acids is 2. The lowest BCUT2D eigenvalue weighted by atomic mass is 10.1. The first-order chi connectivity index (χ1) is 17.6. The molecule has 0 spiro atoms. The van der Waals surface area contributed by atoms with Crippen LogP contribution < -0.4 is 14.4 Å². The molecular weight excluding hydrogens is 497 g/mol. The molecule has 0 unspecified atom stereocenters. The maximum Gasteiger partial charge on any atom is 0.264 e. The average Bonchev–Trinajstić information content (AvgIpc) is 2.90. The molecule has 0 aromatic heterocycles. The lowest BCUT2D eigenvalue weighted by molar-refractivity contribution is -0.139. The maximum atomic E-state index is 14.9. The molecule has 0 radical (unpaired) electrons. The number of para-hydroxylation sites is 1. The average molecular weight is 528 g/mol. The van der Waals surface area contributed by atoms with Crippen LogP contribution in [0.2, 0.25) is 0 Å². The number of halogens is 1. The molecule has 0 aliphatic carbocycles. The summed E-state index contributed by atoms with van der Waals surface area (Å²) < 4.78 is 48.0. The molecule has 3 aromatic carbocycles. The van der Waals surface area contributed by atoms with E-state index in [2.05, 4.69) is 5.32 Å². The molecule has 37 heavy (non-hydrogen) atoms. The van der Waals surface area contributed by atoms with Crippen molar-refractivity contribution in [3.05, 3.63) is 89.7 Å². The van der Waals surface area contributed by atoms with E-state index in [1.54, 1.807) is 43.3 Å². The molecule has 1 N–H and O–H groups in total. The summed E-state index contributed by atoms with van der Waals surface area (Å²) in [4.78, 5) is 27.3. The second kappa shape index (κ2) is 11.9. The van der Waals surface area contributed by atoms with Crippen LogP contribution in [-0.2, 0) is 26.2 Å². The first-order valence-corrected chi connectivity index (χ1v) is 13.0. The predicted molar refractivity (Wildman–Crippen MR) is 139 cm³/mol. The first kappa shape index (κ1) is 27.7. The van der Waals surface area contributed by atoms with E-state index >= 15 is 0 Å². The van der Waals surface area contributed by atoms with E-state index in [9.17, 15) is 22.4 Å². The Balaban J connectivity index is 2.03. The molecular formula is C27H30FN3O5S. The highest BCUT2D eigenvalue weighted by Crippen LogP contribution is 2.27. The number of anilines is 1. The second-order valence-corrected chi connectivity index (χ2v) is 10.3. The smallest absolute Gasteiger partial charge is 0.264 e. The lowest BCUT2D eigenvalue weighted by Gasteiger charge is -2.31. The van der Waals surface area contributed by atoms with Gasteiger partial charge in [0.1, 0.15) is 24.2 Å². The van der Waals surface area contributed by atoms with E-state index in [0.717, 1.165) is 15.9 Å². The molecule has 0 bridgehead atoms. The van der Waals surface area contributed by atoms with Crippen molar-refractivity contribution in [2.75, 3.05) is 25.0 Å². The first-order valence-electron chi connectivity index (χ1n) is 11.6. The molecule has 0 aliphatic heterocycles. The molecule has 0 fully saturated rings. The summed E-state index contributed by atoms with van der Waals surface area (Å²) in [5.41, 5.74) is 1.27. The van der Waals surface area contributed by atoms with Gasteiger partial charge >= 0.3 is 0 Å². The Morgan fingerprint density at radius 2 is 1.62 bits per heavy atom. The Hall–Kier alpha value is -3.92. The van der Waals surface area contributed by atoms with Crippen LogP contribution in [0.15, 0.2) is 77.7 Å². The number of nitrogens with zero attached hydrogens (tertiary/aromatic N) is 2. The third kappa shape index (κ3) is 6.45. The van der Waals surface area contributed by atoms with Gasteiger partial charge in [-0.05, 0) is 55.8 Å². The summed E-state index contributed by atoms with van der Waals surface area (Å²) in [6.45, 7) is 2.66. The SMILES string of the molecule is CNC(=O)[C@@H](C)N(Cc1ccc(OC)cc1)C(=O)CN(c1ccccc1F)S(=O)(=O)c1ccc(C)cc1. The number of methoxy groups -OCH3 is 1. The van der Waals surface area contributed by atoms with E-state index in [0.29, 0.717) is 11.3 Å². The lowest BCUT2D eigenvalue weighted by Crippen LogP contribution is -2.50. The molecule has 0 aliphatic rings. The zero-order valence-corrected chi connectivity index (χ0v) is 22.0. The fourth-order valence-electron chi connectivity index (χ4n) is 3.72. The highest BCUT2D eigenvalue weighted by Gasteiger charge is 2.33. The van der Waals surface area contributed by atoms with E-state index in [-0.39, 0.29) is 17.1 Å². The van der Waals surface area contributed by atoms with Gasteiger partial charge in [-0.2, -0.15) is 0 Å². The molecule has 3 aromatic rings. The number of ether oxygens (including phenoxy) is 1. The third-order valence-electron chi connectivity index (χ3n) is 5.93. The minimum absolute atomic E-state index is 0.0209.